The third kappa shape index (κ3) is 4.07. The molecule has 3 aromatic heterocycles. The minimum atomic E-state index is -0.110. The largest absolute Gasteiger partial charge is 0.487 e. The van der Waals surface area contributed by atoms with E-state index in [4.69, 9.17) is 4.74 Å². The van der Waals surface area contributed by atoms with Gasteiger partial charge in [0.15, 0.2) is 0 Å². The van der Waals surface area contributed by atoms with Crippen molar-refractivity contribution in [2.24, 2.45) is 0 Å². The van der Waals surface area contributed by atoms with Crippen LogP contribution in [-0.2, 0) is 13.2 Å². The first-order chi connectivity index (χ1) is 13.6. The molecule has 3 heterocycles. The Morgan fingerprint density at radius 3 is 2.89 bits per heavy atom. The number of imidazole rings is 1. The molecule has 0 aliphatic rings. The van der Waals surface area contributed by atoms with Crippen molar-refractivity contribution >= 4 is 22.9 Å². The van der Waals surface area contributed by atoms with Gasteiger partial charge in [-0.2, -0.15) is 0 Å². The van der Waals surface area contributed by atoms with Gasteiger partial charge in [0, 0.05) is 22.8 Å². The first-order valence-electron chi connectivity index (χ1n) is 9.07. The van der Waals surface area contributed by atoms with E-state index in [2.05, 4.69) is 16.4 Å². The molecular formula is C22H21N3O2S. The molecule has 0 aliphatic carbocycles. The van der Waals surface area contributed by atoms with Crippen molar-refractivity contribution in [3.63, 3.8) is 0 Å². The van der Waals surface area contributed by atoms with Crippen LogP contribution in [0.1, 0.15) is 32.1 Å². The Bertz CT molecular complexity index is 1130. The number of hydrogen-bond donors (Lipinski definition) is 1. The lowest BCUT2D eigenvalue weighted by Gasteiger charge is -2.08. The number of aryl methyl sites for hydroxylation is 2. The molecule has 0 saturated carbocycles. The van der Waals surface area contributed by atoms with E-state index in [9.17, 15) is 4.79 Å². The number of benzene rings is 1. The summed E-state index contributed by atoms with van der Waals surface area (Å²) >= 11 is 1.65. The number of amides is 1. The topological polar surface area (TPSA) is 55.6 Å². The lowest BCUT2D eigenvalue weighted by atomic mass is 10.2. The second-order valence-corrected chi connectivity index (χ2v) is 7.73. The van der Waals surface area contributed by atoms with E-state index in [-0.39, 0.29) is 5.91 Å². The van der Waals surface area contributed by atoms with Gasteiger partial charge in [0.1, 0.15) is 18.0 Å². The zero-order valence-electron chi connectivity index (χ0n) is 15.8. The predicted molar refractivity (Wildman–Crippen MR) is 111 cm³/mol. The summed E-state index contributed by atoms with van der Waals surface area (Å²) in [6.07, 6.45) is 3.99. The summed E-state index contributed by atoms with van der Waals surface area (Å²) in [5.74, 6) is 0.537. The van der Waals surface area contributed by atoms with E-state index in [1.807, 2.05) is 60.3 Å². The fourth-order valence-electron chi connectivity index (χ4n) is 2.96. The molecule has 0 radical (unpaired) electrons. The number of carbonyl (C=O) groups is 1. The molecular weight excluding hydrogens is 370 g/mol. The van der Waals surface area contributed by atoms with Crippen LogP contribution in [0.5, 0.6) is 5.75 Å². The highest BCUT2D eigenvalue weighted by Gasteiger charge is 2.09. The Balaban J connectivity index is 1.40. The molecule has 0 aliphatic heterocycles. The molecule has 0 atom stereocenters. The Morgan fingerprint density at radius 1 is 1.18 bits per heavy atom. The van der Waals surface area contributed by atoms with Gasteiger partial charge in [0.2, 0.25) is 0 Å². The van der Waals surface area contributed by atoms with Crippen molar-refractivity contribution in [2.75, 3.05) is 0 Å². The van der Waals surface area contributed by atoms with Crippen LogP contribution < -0.4 is 10.1 Å². The van der Waals surface area contributed by atoms with Crippen molar-refractivity contribution in [3.05, 3.63) is 87.5 Å². The number of thiophene rings is 1. The van der Waals surface area contributed by atoms with Crippen molar-refractivity contribution in [1.29, 1.82) is 0 Å². The number of aromatic nitrogens is 2. The number of pyridine rings is 1. The second kappa shape index (κ2) is 7.86. The Kier molecular flexibility index (Phi) is 5.12. The van der Waals surface area contributed by atoms with Crippen molar-refractivity contribution in [3.8, 4) is 5.75 Å². The third-order valence-corrected chi connectivity index (χ3v) is 5.53. The number of carbonyl (C=O) groups excluding carboxylic acids is 1. The molecule has 0 spiro atoms. The zero-order chi connectivity index (χ0) is 19.5. The maximum absolute atomic E-state index is 12.4. The molecule has 5 nitrogen and oxygen atoms in total. The van der Waals surface area contributed by atoms with Gasteiger partial charge in [-0.25, -0.2) is 4.98 Å². The van der Waals surface area contributed by atoms with Gasteiger partial charge in [0.05, 0.1) is 12.2 Å². The van der Waals surface area contributed by atoms with Gasteiger partial charge in [-0.1, -0.05) is 12.1 Å². The van der Waals surface area contributed by atoms with E-state index in [1.165, 1.54) is 16.0 Å². The van der Waals surface area contributed by atoms with Crippen LogP contribution in [0.4, 0.5) is 0 Å². The number of rotatable bonds is 6. The number of hydrogen-bond acceptors (Lipinski definition) is 4. The molecule has 1 aromatic carbocycles. The Hall–Kier alpha value is -3.12. The highest BCUT2D eigenvalue weighted by Crippen LogP contribution is 2.17. The van der Waals surface area contributed by atoms with Crippen LogP contribution in [-0.4, -0.2) is 15.3 Å². The minimum Gasteiger partial charge on any atom is -0.487 e. The molecule has 4 rings (SSSR count). The van der Waals surface area contributed by atoms with Gasteiger partial charge < -0.3 is 14.5 Å². The standard InChI is InChI=1S/C22H21N3O2S/c1-15-6-7-21-24-18(13-25(21)12-15)14-27-19-5-3-4-17(10-19)22(26)23-11-20-16(2)8-9-28-20/h3-10,12-13H,11,14H2,1-2H3,(H,23,26). The SMILES string of the molecule is Cc1ccc2nc(COc3cccc(C(=O)NCc4sccc4C)c3)cn2c1. The predicted octanol–water partition coefficient (Wildman–Crippen LogP) is 4.52. The molecule has 1 N–H and O–H groups in total. The van der Waals surface area contributed by atoms with Gasteiger partial charge in [-0.15, -0.1) is 11.3 Å². The van der Waals surface area contributed by atoms with Crippen LogP contribution in [0.25, 0.3) is 5.65 Å². The van der Waals surface area contributed by atoms with Crippen molar-refractivity contribution < 1.29 is 9.53 Å². The third-order valence-electron chi connectivity index (χ3n) is 4.51. The van der Waals surface area contributed by atoms with Crippen LogP contribution in [0.15, 0.2) is 60.2 Å². The van der Waals surface area contributed by atoms with E-state index in [1.54, 1.807) is 23.5 Å². The van der Waals surface area contributed by atoms with E-state index < -0.39 is 0 Å². The minimum absolute atomic E-state index is 0.110. The molecule has 0 unspecified atom stereocenters. The summed E-state index contributed by atoms with van der Waals surface area (Å²) in [5.41, 5.74) is 4.69. The number of nitrogens with one attached hydrogen (secondary N) is 1. The Labute approximate surface area is 167 Å². The molecule has 0 bridgehead atoms. The highest BCUT2D eigenvalue weighted by atomic mass is 32.1. The number of nitrogens with zero attached hydrogens (tertiary/aromatic N) is 2. The average Bonchev–Trinajstić information content (AvgIpc) is 3.29. The van der Waals surface area contributed by atoms with Gasteiger partial charge >= 0.3 is 0 Å². The molecule has 4 aromatic rings. The number of fused-ring (bicyclic) bond motifs is 1. The molecule has 1 amide bonds. The van der Waals surface area contributed by atoms with Crippen LogP contribution in [0.3, 0.4) is 0 Å². The van der Waals surface area contributed by atoms with Crippen LogP contribution in [0, 0.1) is 13.8 Å². The lowest BCUT2D eigenvalue weighted by molar-refractivity contribution is 0.0951. The second-order valence-electron chi connectivity index (χ2n) is 6.73. The summed E-state index contributed by atoms with van der Waals surface area (Å²) in [7, 11) is 0. The molecule has 0 fully saturated rings. The molecule has 6 heteroatoms. The summed E-state index contributed by atoms with van der Waals surface area (Å²) in [5, 5.41) is 5.00. The fraction of sp³-hybridized carbons (Fsp3) is 0.182. The molecule has 0 saturated heterocycles. The number of ether oxygens (including phenoxy) is 1. The van der Waals surface area contributed by atoms with E-state index >= 15 is 0 Å². The monoisotopic (exact) mass is 391 g/mol. The first kappa shape index (κ1) is 18.3. The lowest BCUT2D eigenvalue weighted by Crippen LogP contribution is -2.22. The first-order valence-corrected chi connectivity index (χ1v) is 9.95. The maximum Gasteiger partial charge on any atom is 0.251 e. The normalized spacial score (nSPS) is 10.9. The Morgan fingerprint density at radius 2 is 2.07 bits per heavy atom. The average molecular weight is 391 g/mol. The maximum atomic E-state index is 12.4. The van der Waals surface area contributed by atoms with Crippen LogP contribution >= 0.6 is 11.3 Å². The molecule has 28 heavy (non-hydrogen) atoms. The quantitative estimate of drug-likeness (QED) is 0.526. The van der Waals surface area contributed by atoms with Crippen LogP contribution in [0.2, 0.25) is 0 Å². The zero-order valence-corrected chi connectivity index (χ0v) is 16.6. The van der Waals surface area contributed by atoms with Gasteiger partial charge in [0.25, 0.3) is 5.91 Å². The van der Waals surface area contributed by atoms with E-state index in [0.29, 0.717) is 24.5 Å². The van der Waals surface area contributed by atoms with Gasteiger partial charge in [-0.05, 0) is 60.7 Å². The highest BCUT2D eigenvalue weighted by molar-refractivity contribution is 7.10. The van der Waals surface area contributed by atoms with Crippen molar-refractivity contribution in [2.45, 2.75) is 27.0 Å². The summed E-state index contributed by atoms with van der Waals surface area (Å²) in [6, 6.07) is 13.3. The van der Waals surface area contributed by atoms with Crippen molar-refractivity contribution in [1.82, 2.24) is 14.7 Å². The van der Waals surface area contributed by atoms with Gasteiger partial charge in [-0.3, -0.25) is 4.79 Å². The fourth-order valence-corrected chi connectivity index (χ4v) is 3.80. The summed E-state index contributed by atoms with van der Waals surface area (Å²) in [6.45, 7) is 4.98. The molecule has 142 valence electrons. The smallest absolute Gasteiger partial charge is 0.251 e. The summed E-state index contributed by atoms with van der Waals surface area (Å²) < 4.78 is 7.85. The van der Waals surface area contributed by atoms with E-state index in [0.717, 1.165) is 11.3 Å². The summed E-state index contributed by atoms with van der Waals surface area (Å²) in [4.78, 5) is 18.2.